The Morgan fingerprint density at radius 2 is 2.29 bits per heavy atom. The average Bonchev–Trinajstić information content (AvgIpc) is 3.29. The van der Waals surface area contributed by atoms with Gasteiger partial charge in [0.15, 0.2) is 5.58 Å². The second-order valence-electron chi connectivity index (χ2n) is 5.42. The van der Waals surface area contributed by atoms with Gasteiger partial charge < -0.3 is 9.73 Å². The van der Waals surface area contributed by atoms with Crippen molar-refractivity contribution in [1.29, 1.82) is 0 Å². The SMILES string of the molecule is CC(C(=O)NCc1cccs1)n1ncn2c(cc3occc32)c1=O. The summed E-state index contributed by atoms with van der Waals surface area (Å²) in [5, 5.41) is 8.92. The van der Waals surface area contributed by atoms with Crippen molar-refractivity contribution in [1.82, 2.24) is 19.5 Å². The zero-order valence-electron chi connectivity index (χ0n) is 12.8. The Morgan fingerprint density at radius 3 is 3.08 bits per heavy atom. The van der Waals surface area contributed by atoms with Crippen molar-refractivity contribution >= 4 is 33.9 Å². The highest BCUT2D eigenvalue weighted by Crippen LogP contribution is 2.18. The maximum atomic E-state index is 12.6. The number of carbonyl (C=O) groups is 1. The number of nitrogens with zero attached hydrogens (tertiary/aromatic N) is 3. The zero-order valence-corrected chi connectivity index (χ0v) is 13.6. The molecule has 1 atom stereocenters. The van der Waals surface area contributed by atoms with Crippen LogP contribution in [0.2, 0.25) is 0 Å². The van der Waals surface area contributed by atoms with Crippen LogP contribution in [0.3, 0.4) is 0 Å². The van der Waals surface area contributed by atoms with Crippen LogP contribution in [0.1, 0.15) is 17.8 Å². The normalized spacial score (nSPS) is 12.7. The van der Waals surface area contributed by atoms with E-state index in [1.807, 2.05) is 17.5 Å². The van der Waals surface area contributed by atoms with Gasteiger partial charge in [0, 0.05) is 17.0 Å². The number of furan rings is 1. The molecule has 0 aliphatic carbocycles. The first-order valence-corrected chi connectivity index (χ1v) is 8.29. The van der Waals surface area contributed by atoms with Crippen LogP contribution >= 0.6 is 11.3 Å². The second-order valence-corrected chi connectivity index (χ2v) is 6.46. The molecular formula is C16H14N4O3S. The molecule has 1 N–H and O–H groups in total. The zero-order chi connectivity index (χ0) is 16.7. The lowest BCUT2D eigenvalue weighted by Gasteiger charge is -2.13. The fourth-order valence-corrected chi connectivity index (χ4v) is 3.28. The van der Waals surface area contributed by atoms with Gasteiger partial charge in [-0.05, 0) is 18.4 Å². The minimum Gasteiger partial charge on any atom is -0.463 e. The number of thiophene rings is 1. The van der Waals surface area contributed by atoms with Crippen LogP contribution in [-0.4, -0.2) is 20.1 Å². The third-order valence-electron chi connectivity index (χ3n) is 3.94. The first-order chi connectivity index (χ1) is 11.6. The number of hydrogen-bond donors (Lipinski definition) is 1. The van der Waals surface area contributed by atoms with Crippen molar-refractivity contribution in [2.24, 2.45) is 0 Å². The highest BCUT2D eigenvalue weighted by atomic mass is 32.1. The van der Waals surface area contributed by atoms with Gasteiger partial charge in [-0.1, -0.05) is 6.07 Å². The van der Waals surface area contributed by atoms with E-state index < -0.39 is 6.04 Å². The molecular weight excluding hydrogens is 328 g/mol. The van der Waals surface area contributed by atoms with Crippen molar-refractivity contribution in [3.05, 3.63) is 57.5 Å². The fraction of sp³-hybridized carbons (Fsp3) is 0.188. The summed E-state index contributed by atoms with van der Waals surface area (Å²) in [6.45, 7) is 2.09. The lowest BCUT2D eigenvalue weighted by molar-refractivity contribution is -0.124. The van der Waals surface area contributed by atoms with Gasteiger partial charge in [-0.25, -0.2) is 4.68 Å². The molecule has 0 saturated carbocycles. The molecule has 122 valence electrons. The van der Waals surface area contributed by atoms with Crippen LogP contribution in [0.4, 0.5) is 0 Å². The predicted octanol–water partition coefficient (Wildman–Crippen LogP) is 2.18. The van der Waals surface area contributed by atoms with Gasteiger partial charge in [0.05, 0.1) is 18.3 Å². The minimum atomic E-state index is -0.705. The van der Waals surface area contributed by atoms with Crippen LogP contribution < -0.4 is 10.9 Å². The predicted molar refractivity (Wildman–Crippen MR) is 90.1 cm³/mol. The van der Waals surface area contributed by atoms with Crippen LogP contribution in [0.25, 0.3) is 16.6 Å². The molecule has 0 aliphatic rings. The summed E-state index contributed by atoms with van der Waals surface area (Å²) in [4.78, 5) is 26.0. The summed E-state index contributed by atoms with van der Waals surface area (Å²) in [6, 6.07) is 6.60. The van der Waals surface area contributed by atoms with E-state index in [1.54, 1.807) is 41.1 Å². The number of nitrogens with one attached hydrogen (secondary N) is 1. The smallest absolute Gasteiger partial charge is 0.291 e. The lowest BCUT2D eigenvalue weighted by atomic mass is 10.3. The molecule has 4 rings (SSSR count). The van der Waals surface area contributed by atoms with Gasteiger partial charge in [0.2, 0.25) is 5.91 Å². The largest absolute Gasteiger partial charge is 0.463 e. The van der Waals surface area contributed by atoms with E-state index in [0.29, 0.717) is 17.6 Å². The Balaban J connectivity index is 1.63. The van der Waals surface area contributed by atoms with E-state index in [9.17, 15) is 9.59 Å². The summed E-state index contributed by atoms with van der Waals surface area (Å²) < 4.78 is 8.16. The van der Waals surface area contributed by atoms with Crippen molar-refractivity contribution in [3.8, 4) is 0 Å². The number of amides is 1. The van der Waals surface area contributed by atoms with Crippen LogP contribution in [0, 0.1) is 0 Å². The number of fused-ring (bicyclic) bond motifs is 3. The molecule has 7 nitrogen and oxygen atoms in total. The van der Waals surface area contributed by atoms with Gasteiger partial charge >= 0.3 is 0 Å². The van der Waals surface area contributed by atoms with Gasteiger partial charge in [-0.2, -0.15) is 5.10 Å². The van der Waals surface area contributed by atoms with Crippen molar-refractivity contribution < 1.29 is 9.21 Å². The molecule has 1 unspecified atom stereocenters. The maximum absolute atomic E-state index is 12.6. The van der Waals surface area contributed by atoms with Crippen molar-refractivity contribution in [2.75, 3.05) is 0 Å². The molecule has 0 aliphatic heterocycles. The summed E-state index contributed by atoms with van der Waals surface area (Å²) in [5.41, 5.74) is 1.48. The molecule has 8 heteroatoms. The summed E-state index contributed by atoms with van der Waals surface area (Å²) in [7, 11) is 0. The third-order valence-corrected chi connectivity index (χ3v) is 4.82. The lowest BCUT2D eigenvalue weighted by Crippen LogP contribution is -2.37. The van der Waals surface area contributed by atoms with Gasteiger partial charge in [-0.15, -0.1) is 11.3 Å². The summed E-state index contributed by atoms with van der Waals surface area (Å²) in [5.74, 6) is -0.252. The quantitative estimate of drug-likeness (QED) is 0.616. The molecule has 1 amide bonds. The third kappa shape index (κ3) is 2.31. The number of rotatable bonds is 4. The maximum Gasteiger partial charge on any atom is 0.291 e. The van der Waals surface area contributed by atoms with Gasteiger partial charge in [0.1, 0.15) is 17.9 Å². The molecule has 0 spiro atoms. The summed E-state index contributed by atoms with van der Waals surface area (Å²) in [6.07, 6.45) is 3.08. The van der Waals surface area contributed by atoms with Crippen LogP contribution in [-0.2, 0) is 11.3 Å². The van der Waals surface area contributed by atoms with E-state index in [2.05, 4.69) is 10.4 Å². The van der Waals surface area contributed by atoms with Gasteiger partial charge in [0.25, 0.3) is 5.56 Å². The molecule has 4 heterocycles. The number of carbonyl (C=O) groups excluding carboxylic acids is 1. The molecule has 0 bridgehead atoms. The van der Waals surface area contributed by atoms with Gasteiger partial charge in [-0.3, -0.25) is 14.0 Å². The number of hydrogen-bond acceptors (Lipinski definition) is 5. The molecule has 0 radical (unpaired) electrons. The molecule has 0 aromatic carbocycles. The minimum absolute atomic E-state index is 0.252. The van der Waals surface area contributed by atoms with E-state index in [0.717, 1.165) is 10.4 Å². The first-order valence-electron chi connectivity index (χ1n) is 7.41. The standard InChI is InChI=1S/C16H14N4O3S/c1-10(15(21)17-8-11-3-2-6-24-11)20-16(22)13-7-14-12(4-5-23-14)19(13)9-18-20/h2-7,9-10H,8H2,1H3,(H,17,21). The Bertz CT molecular complexity index is 1070. The highest BCUT2D eigenvalue weighted by molar-refractivity contribution is 7.09. The fourth-order valence-electron chi connectivity index (χ4n) is 2.63. The van der Waals surface area contributed by atoms with Crippen LogP contribution in [0.15, 0.2) is 51.4 Å². The first kappa shape index (κ1) is 14.7. The monoisotopic (exact) mass is 342 g/mol. The average molecular weight is 342 g/mol. The Hall–Kier alpha value is -2.87. The molecule has 0 saturated heterocycles. The van der Waals surface area contributed by atoms with E-state index in [1.165, 1.54) is 11.0 Å². The summed E-state index contributed by atoms with van der Waals surface area (Å²) >= 11 is 1.57. The van der Waals surface area contributed by atoms with Crippen LogP contribution in [0.5, 0.6) is 0 Å². The molecule has 24 heavy (non-hydrogen) atoms. The Morgan fingerprint density at radius 1 is 1.42 bits per heavy atom. The highest BCUT2D eigenvalue weighted by Gasteiger charge is 2.19. The second kappa shape index (κ2) is 5.64. The molecule has 4 aromatic heterocycles. The van der Waals surface area contributed by atoms with E-state index >= 15 is 0 Å². The van der Waals surface area contributed by atoms with E-state index in [4.69, 9.17) is 4.42 Å². The topological polar surface area (TPSA) is 81.5 Å². The number of aromatic nitrogens is 3. The Kier molecular flexibility index (Phi) is 3.46. The Labute approximate surface area is 140 Å². The molecule has 0 fully saturated rings. The molecule has 4 aromatic rings. The van der Waals surface area contributed by atoms with Crippen molar-refractivity contribution in [3.63, 3.8) is 0 Å². The van der Waals surface area contributed by atoms with E-state index in [-0.39, 0.29) is 11.5 Å². The van der Waals surface area contributed by atoms with Crippen molar-refractivity contribution in [2.45, 2.75) is 19.5 Å².